The molecule has 1 radical (unpaired) electrons. The van der Waals surface area contributed by atoms with Crippen LogP contribution in [0.5, 0.6) is 0 Å². The van der Waals surface area contributed by atoms with Gasteiger partial charge in [-0.3, -0.25) is 4.79 Å². The first kappa shape index (κ1) is 15.5. The van der Waals surface area contributed by atoms with Crippen LogP contribution < -0.4 is 0 Å². The summed E-state index contributed by atoms with van der Waals surface area (Å²) in [5.41, 5.74) is 3.79. The lowest BCUT2D eigenvalue weighted by Crippen LogP contribution is -2.07. The number of rotatable bonds is 7. The van der Waals surface area contributed by atoms with Crippen molar-refractivity contribution in [2.24, 2.45) is 5.92 Å². The third-order valence-corrected chi connectivity index (χ3v) is 3.92. The lowest BCUT2D eigenvalue weighted by molar-refractivity contribution is 0.0973. The first-order valence-corrected chi connectivity index (χ1v) is 7.57. The summed E-state index contributed by atoms with van der Waals surface area (Å²) in [4.78, 5) is 19.0. The van der Waals surface area contributed by atoms with Crippen molar-refractivity contribution in [2.45, 2.75) is 40.0 Å². The summed E-state index contributed by atoms with van der Waals surface area (Å²) in [6.45, 7) is 6.53. The molecule has 0 aliphatic heterocycles. The zero-order chi connectivity index (χ0) is 15.2. The number of carbonyl (C=O) groups excluding carboxylic acids is 1. The van der Waals surface area contributed by atoms with Crippen LogP contribution in [0.1, 0.15) is 54.0 Å². The van der Waals surface area contributed by atoms with Gasteiger partial charge >= 0.3 is 0 Å². The number of hydrogen-bond acceptors (Lipinski definition) is 2. The Morgan fingerprint density at radius 1 is 1.43 bits per heavy atom. The monoisotopic (exact) mass is 283 g/mol. The highest BCUT2D eigenvalue weighted by molar-refractivity contribution is 5.92. The first-order chi connectivity index (χ1) is 10.1. The van der Waals surface area contributed by atoms with Gasteiger partial charge in [0.2, 0.25) is 0 Å². The number of H-pyrrole nitrogens is 1. The van der Waals surface area contributed by atoms with E-state index in [-0.39, 0.29) is 5.78 Å². The molecular formula is C18H23N2O. The van der Waals surface area contributed by atoms with Gasteiger partial charge in [-0.2, -0.15) is 0 Å². The van der Waals surface area contributed by atoms with Crippen molar-refractivity contribution >= 4 is 5.78 Å². The van der Waals surface area contributed by atoms with Crippen molar-refractivity contribution in [3.8, 4) is 0 Å². The first-order valence-electron chi connectivity index (χ1n) is 7.57. The predicted octanol–water partition coefficient (Wildman–Crippen LogP) is 4.13. The van der Waals surface area contributed by atoms with Crippen LogP contribution in [0.25, 0.3) is 0 Å². The minimum atomic E-state index is 0.0674. The highest BCUT2D eigenvalue weighted by atomic mass is 16.1. The Morgan fingerprint density at radius 3 is 2.90 bits per heavy atom. The van der Waals surface area contributed by atoms with Crippen LogP contribution in [0, 0.1) is 19.3 Å². The number of imidazole rings is 1. The smallest absolute Gasteiger partial charge is 0.198 e. The third kappa shape index (κ3) is 4.03. The zero-order valence-electron chi connectivity index (χ0n) is 13.0. The largest absolute Gasteiger partial charge is 0.342 e. The number of nitrogens with zero attached hydrogens (tertiary/aromatic N) is 1. The van der Waals surface area contributed by atoms with Gasteiger partial charge in [-0.1, -0.05) is 38.5 Å². The number of carbonyl (C=O) groups is 1. The lowest BCUT2D eigenvalue weighted by atomic mass is 9.90. The van der Waals surface area contributed by atoms with Gasteiger partial charge in [0, 0.05) is 18.8 Å². The number of aryl methyl sites for hydroxylation is 1. The van der Waals surface area contributed by atoms with Crippen molar-refractivity contribution in [2.75, 3.05) is 0 Å². The molecule has 0 saturated carbocycles. The van der Waals surface area contributed by atoms with Crippen molar-refractivity contribution in [1.29, 1.82) is 0 Å². The molecule has 1 aromatic heterocycles. The molecule has 1 heterocycles. The maximum atomic E-state index is 12.1. The number of ketones is 1. The average Bonchev–Trinajstić information content (AvgIpc) is 3.00. The van der Waals surface area contributed by atoms with Crippen LogP contribution in [-0.2, 0) is 6.42 Å². The Morgan fingerprint density at radius 2 is 2.24 bits per heavy atom. The molecule has 0 aliphatic rings. The van der Waals surface area contributed by atoms with Crippen LogP contribution in [0.15, 0.2) is 30.6 Å². The van der Waals surface area contributed by atoms with E-state index in [1.807, 2.05) is 0 Å². The van der Waals surface area contributed by atoms with Crippen molar-refractivity contribution in [3.63, 3.8) is 0 Å². The molecule has 21 heavy (non-hydrogen) atoms. The molecule has 1 aromatic carbocycles. The molecule has 1 N–H and O–H groups in total. The second kappa shape index (κ2) is 7.21. The summed E-state index contributed by atoms with van der Waals surface area (Å²) < 4.78 is 0. The van der Waals surface area contributed by atoms with Crippen LogP contribution in [0.4, 0.5) is 0 Å². The summed E-state index contributed by atoms with van der Waals surface area (Å²) in [6, 6.07) is 6.34. The van der Waals surface area contributed by atoms with E-state index < -0.39 is 0 Å². The minimum Gasteiger partial charge on any atom is -0.342 e. The fourth-order valence-electron chi connectivity index (χ4n) is 2.42. The summed E-state index contributed by atoms with van der Waals surface area (Å²) in [5, 5.41) is 0. The molecule has 3 nitrogen and oxygen atoms in total. The van der Waals surface area contributed by atoms with E-state index in [4.69, 9.17) is 0 Å². The molecule has 0 aliphatic carbocycles. The molecule has 0 fully saturated rings. The highest BCUT2D eigenvalue weighted by Crippen LogP contribution is 2.22. The molecule has 0 amide bonds. The second-order valence-electron chi connectivity index (χ2n) is 5.56. The Labute approximate surface area is 126 Å². The third-order valence-electron chi connectivity index (χ3n) is 3.92. The number of Topliss-reactive ketones (excluding diaryl/α,β-unsaturated/α-hetero) is 1. The standard InChI is InChI=1S/C18H23N2O/c1-4-13(2)12-15-7-5-6-14(3)16(15)8-9-17(21)18-19-10-11-20-18/h5-7,10-13H,4,8-9H2,1-3H3,(H,19,20). The van der Waals surface area contributed by atoms with Gasteiger partial charge in [0.25, 0.3) is 0 Å². The van der Waals surface area contributed by atoms with Gasteiger partial charge in [0.1, 0.15) is 0 Å². The molecule has 0 bridgehead atoms. The van der Waals surface area contributed by atoms with E-state index in [1.165, 1.54) is 16.7 Å². The van der Waals surface area contributed by atoms with Crippen LogP contribution in [-0.4, -0.2) is 15.8 Å². The molecule has 2 rings (SSSR count). The topological polar surface area (TPSA) is 45.8 Å². The van der Waals surface area contributed by atoms with Gasteiger partial charge in [-0.05, 0) is 42.4 Å². The fraction of sp³-hybridized carbons (Fsp3) is 0.389. The quantitative estimate of drug-likeness (QED) is 0.776. The van der Waals surface area contributed by atoms with Gasteiger partial charge < -0.3 is 4.98 Å². The minimum absolute atomic E-state index is 0.0674. The number of aromatic nitrogens is 2. The summed E-state index contributed by atoms with van der Waals surface area (Å²) >= 11 is 0. The average molecular weight is 283 g/mol. The van der Waals surface area contributed by atoms with Crippen LogP contribution in [0.2, 0.25) is 0 Å². The summed E-state index contributed by atoms with van der Waals surface area (Å²) in [6.07, 6.45) is 7.97. The predicted molar refractivity (Wildman–Crippen MR) is 85.3 cm³/mol. The van der Waals surface area contributed by atoms with Gasteiger partial charge in [-0.15, -0.1) is 0 Å². The molecule has 2 aromatic rings. The van der Waals surface area contributed by atoms with E-state index >= 15 is 0 Å². The molecule has 1 unspecified atom stereocenters. The Kier molecular flexibility index (Phi) is 5.32. The molecule has 111 valence electrons. The van der Waals surface area contributed by atoms with E-state index in [0.29, 0.717) is 18.2 Å². The zero-order valence-corrected chi connectivity index (χ0v) is 13.0. The number of benzene rings is 1. The normalized spacial score (nSPS) is 12.3. The van der Waals surface area contributed by atoms with Crippen LogP contribution in [0.3, 0.4) is 0 Å². The molecule has 0 spiro atoms. The fourth-order valence-corrected chi connectivity index (χ4v) is 2.42. The number of aromatic amines is 1. The lowest BCUT2D eigenvalue weighted by Gasteiger charge is -2.15. The molecule has 1 atom stereocenters. The highest BCUT2D eigenvalue weighted by Gasteiger charge is 2.13. The SMILES string of the molecule is CCC(C)[CH]c1cccc(C)c1CCC(=O)c1ncc[nH]1. The Balaban J connectivity index is 2.10. The number of nitrogens with one attached hydrogen (secondary N) is 1. The summed E-state index contributed by atoms with van der Waals surface area (Å²) in [7, 11) is 0. The maximum absolute atomic E-state index is 12.1. The number of hydrogen-bond donors (Lipinski definition) is 1. The van der Waals surface area contributed by atoms with E-state index in [1.54, 1.807) is 12.4 Å². The molecule has 0 saturated heterocycles. The molecular weight excluding hydrogens is 260 g/mol. The van der Waals surface area contributed by atoms with E-state index in [2.05, 4.69) is 55.4 Å². The molecule has 3 heteroatoms. The van der Waals surface area contributed by atoms with Crippen molar-refractivity contribution < 1.29 is 4.79 Å². The second-order valence-corrected chi connectivity index (χ2v) is 5.56. The van der Waals surface area contributed by atoms with Crippen molar-refractivity contribution in [3.05, 3.63) is 59.5 Å². The van der Waals surface area contributed by atoms with Gasteiger partial charge in [0.15, 0.2) is 11.6 Å². The van der Waals surface area contributed by atoms with Crippen molar-refractivity contribution in [1.82, 2.24) is 9.97 Å². The van der Waals surface area contributed by atoms with E-state index in [9.17, 15) is 4.79 Å². The summed E-state index contributed by atoms with van der Waals surface area (Å²) in [5.74, 6) is 1.07. The van der Waals surface area contributed by atoms with Gasteiger partial charge in [0.05, 0.1) is 0 Å². The Hall–Kier alpha value is -1.90. The van der Waals surface area contributed by atoms with Crippen LogP contribution >= 0.6 is 0 Å². The maximum Gasteiger partial charge on any atom is 0.198 e. The Bertz CT molecular complexity index is 587. The van der Waals surface area contributed by atoms with Gasteiger partial charge in [-0.25, -0.2) is 4.98 Å². The van der Waals surface area contributed by atoms with E-state index in [0.717, 1.165) is 12.8 Å².